The molecule has 0 saturated heterocycles. The molecule has 0 spiro atoms. The number of aromatic carboxylic acids is 1. The molecule has 2 amide bonds. The molecule has 0 aliphatic rings. The van der Waals surface area contributed by atoms with Gasteiger partial charge < -0.3 is 20.3 Å². The van der Waals surface area contributed by atoms with Crippen LogP contribution in [0.25, 0.3) is 0 Å². The molecule has 2 aromatic heterocycles. The second kappa shape index (κ2) is 6.04. The van der Waals surface area contributed by atoms with Crippen LogP contribution < -0.4 is 10.6 Å². The molecule has 0 unspecified atom stereocenters. The van der Waals surface area contributed by atoms with Crippen molar-refractivity contribution in [1.82, 2.24) is 15.5 Å². The average molecular weight is 290 g/mol. The Hall–Kier alpha value is -2.90. The van der Waals surface area contributed by atoms with Gasteiger partial charge in [-0.05, 0) is 19.9 Å². The number of amides is 2. The summed E-state index contributed by atoms with van der Waals surface area (Å²) >= 11 is 0. The molecular formula is C13H14N4O4. The van der Waals surface area contributed by atoms with Crippen LogP contribution in [0.15, 0.2) is 23.0 Å². The van der Waals surface area contributed by atoms with Crippen molar-refractivity contribution in [2.24, 2.45) is 0 Å². The van der Waals surface area contributed by atoms with Gasteiger partial charge in [0.1, 0.15) is 5.76 Å². The van der Waals surface area contributed by atoms with Gasteiger partial charge in [0.15, 0.2) is 0 Å². The highest BCUT2D eigenvalue weighted by Gasteiger charge is 2.11. The Morgan fingerprint density at radius 2 is 2.10 bits per heavy atom. The molecule has 0 aromatic carbocycles. The first-order valence-electron chi connectivity index (χ1n) is 6.12. The molecular weight excluding hydrogens is 276 g/mol. The highest BCUT2D eigenvalue weighted by atomic mass is 16.5. The molecule has 0 bridgehead atoms. The zero-order valence-corrected chi connectivity index (χ0v) is 11.5. The Labute approximate surface area is 120 Å². The fraction of sp³-hybridized carbons (Fsp3) is 0.231. The minimum absolute atomic E-state index is 0.00137. The van der Waals surface area contributed by atoms with Gasteiger partial charge in [-0.3, -0.25) is 4.98 Å². The molecule has 0 aliphatic heterocycles. The van der Waals surface area contributed by atoms with E-state index in [0.29, 0.717) is 17.1 Å². The van der Waals surface area contributed by atoms with Gasteiger partial charge in [-0.1, -0.05) is 5.16 Å². The van der Waals surface area contributed by atoms with Crippen molar-refractivity contribution in [1.29, 1.82) is 0 Å². The van der Waals surface area contributed by atoms with E-state index in [4.69, 9.17) is 9.63 Å². The number of pyridine rings is 1. The van der Waals surface area contributed by atoms with Gasteiger partial charge in [-0.15, -0.1) is 0 Å². The van der Waals surface area contributed by atoms with E-state index in [2.05, 4.69) is 20.8 Å². The van der Waals surface area contributed by atoms with Gasteiger partial charge in [-0.2, -0.15) is 0 Å². The smallest absolute Gasteiger partial charge is 0.337 e. The monoisotopic (exact) mass is 290 g/mol. The summed E-state index contributed by atoms with van der Waals surface area (Å²) in [5.74, 6) is -0.468. The number of nitrogens with one attached hydrogen (secondary N) is 2. The summed E-state index contributed by atoms with van der Waals surface area (Å²) in [6, 6.07) is 0.851. The average Bonchev–Trinajstić information content (AvgIpc) is 2.76. The van der Waals surface area contributed by atoms with E-state index in [1.807, 2.05) is 0 Å². The van der Waals surface area contributed by atoms with E-state index >= 15 is 0 Å². The van der Waals surface area contributed by atoms with Crippen LogP contribution >= 0.6 is 0 Å². The van der Waals surface area contributed by atoms with Gasteiger partial charge >= 0.3 is 12.0 Å². The number of hydrogen-bond donors (Lipinski definition) is 3. The van der Waals surface area contributed by atoms with Crippen LogP contribution in [0.4, 0.5) is 10.5 Å². The Morgan fingerprint density at radius 1 is 1.33 bits per heavy atom. The van der Waals surface area contributed by atoms with Crippen molar-refractivity contribution in [3.63, 3.8) is 0 Å². The lowest BCUT2D eigenvalue weighted by Crippen LogP contribution is -2.28. The van der Waals surface area contributed by atoms with Gasteiger partial charge in [0, 0.05) is 18.3 Å². The Bertz CT molecular complexity index is 661. The molecule has 0 radical (unpaired) electrons. The molecule has 2 heterocycles. The molecule has 0 aliphatic carbocycles. The number of anilines is 1. The third-order valence-electron chi connectivity index (χ3n) is 2.85. The minimum Gasteiger partial charge on any atom is -0.478 e. The summed E-state index contributed by atoms with van der Waals surface area (Å²) in [4.78, 5) is 26.3. The molecule has 0 fully saturated rings. The van der Waals surface area contributed by atoms with E-state index < -0.39 is 12.0 Å². The van der Waals surface area contributed by atoms with E-state index in [-0.39, 0.29) is 12.1 Å². The van der Waals surface area contributed by atoms with Crippen molar-refractivity contribution in [3.8, 4) is 0 Å². The lowest BCUT2D eigenvalue weighted by molar-refractivity contribution is 0.0696. The molecule has 8 nitrogen and oxygen atoms in total. The maximum absolute atomic E-state index is 11.8. The van der Waals surface area contributed by atoms with Crippen LogP contribution in [0.1, 0.15) is 27.4 Å². The van der Waals surface area contributed by atoms with Gasteiger partial charge in [0.25, 0.3) is 0 Å². The number of carboxylic acid groups (broad SMARTS) is 1. The van der Waals surface area contributed by atoms with Crippen LogP contribution in [0.5, 0.6) is 0 Å². The van der Waals surface area contributed by atoms with Crippen LogP contribution in [-0.2, 0) is 6.54 Å². The number of aromatic nitrogens is 2. The number of carboxylic acids is 1. The Morgan fingerprint density at radius 3 is 2.71 bits per heavy atom. The van der Waals surface area contributed by atoms with Gasteiger partial charge in [-0.25, -0.2) is 9.59 Å². The van der Waals surface area contributed by atoms with Crippen LogP contribution in [0.2, 0.25) is 0 Å². The molecule has 2 rings (SSSR count). The molecule has 21 heavy (non-hydrogen) atoms. The third kappa shape index (κ3) is 3.56. The normalized spacial score (nSPS) is 10.2. The maximum atomic E-state index is 11.8. The third-order valence-corrected chi connectivity index (χ3v) is 2.85. The molecule has 3 N–H and O–H groups in total. The summed E-state index contributed by atoms with van der Waals surface area (Å²) < 4.78 is 4.99. The fourth-order valence-corrected chi connectivity index (χ4v) is 1.72. The predicted molar refractivity (Wildman–Crippen MR) is 73.0 cm³/mol. The molecule has 2 aromatic rings. The summed E-state index contributed by atoms with van der Waals surface area (Å²) in [6.07, 6.45) is 2.57. The first-order chi connectivity index (χ1) is 9.97. The predicted octanol–water partition coefficient (Wildman–Crippen LogP) is 1.71. The first-order valence-corrected chi connectivity index (χ1v) is 6.12. The second-order valence-corrected chi connectivity index (χ2v) is 4.38. The fourth-order valence-electron chi connectivity index (χ4n) is 1.72. The Balaban J connectivity index is 1.96. The number of urea groups is 1. The molecule has 110 valence electrons. The molecule has 8 heteroatoms. The second-order valence-electron chi connectivity index (χ2n) is 4.38. The lowest BCUT2D eigenvalue weighted by Gasteiger charge is -2.07. The number of rotatable bonds is 4. The van der Waals surface area contributed by atoms with Crippen molar-refractivity contribution < 1.29 is 19.2 Å². The first kappa shape index (κ1) is 14.5. The number of carbonyl (C=O) groups excluding carboxylic acids is 1. The van der Waals surface area contributed by atoms with Crippen molar-refractivity contribution in [3.05, 3.63) is 41.0 Å². The zero-order valence-electron chi connectivity index (χ0n) is 11.5. The van der Waals surface area contributed by atoms with E-state index in [1.54, 1.807) is 13.8 Å². The van der Waals surface area contributed by atoms with E-state index in [1.165, 1.54) is 18.5 Å². The zero-order chi connectivity index (χ0) is 15.4. The minimum atomic E-state index is -1.11. The Kier molecular flexibility index (Phi) is 4.17. The number of carbonyl (C=O) groups is 2. The molecule has 0 saturated carbocycles. The SMILES string of the molecule is Cc1noc(C)c1CNC(=O)Nc1cncc(C(=O)O)c1. The van der Waals surface area contributed by atoms with Crippen LogP contribution in [-0.4, -0.2) is 27.2 Å². The van der Waals surface area contributed by atoms with Crippen molar-refractivity contribution in [2.45, 2.75) is 20.4 Å². The maximum Gasteiger partial charge on any atom is 0.337 e. The summed E-state index contributed by atoms with van der Waals surface area (Å²) in [5.41, 5.74) is 1.81. The standard InChI is InChI=1S/C13H14N4O4/c1-7-11(8(2)21-17-7)6-15-13(20)16-10-3-9(12(18)19)4-14-5-10/h3-5H,6H2,1-2H3,(H,18,19)(H2,15,16,20). The summed E-state index contributed by atoms with van der Waals surface area (Å²) in [5, 5.41) is 17.8. The van der Waals surface area contributed by atoms with E-state index in [0.717, 1.165) is 5.56 Å². The van der Waals surface area contributed by atoms with Crippen molar-refractivity contribution in [2.75, 3.05) is 5.32 Å². The summed E-state index contributed by atoms with van der Waals surface area (Å²) in [7, 11) is 0. The number of nitrogens with zero attached hydrogens (tertiary/aromatic N) is 2. The highest BCUT2D eigenvalue weighted by molar-refractivity contribution is 5.92. The largest absolute Gasteiger partial charge is 0.478 e. The number of hydrogen-bond acceptors (Lipinski definition) is 5. The molecule has 0 atom stereocenters. The van der Waals surface area contributed by atoms with Crippen molar-refractivity contribution >= 4 is 17.7 Å². The van der Waals surface area contributed by atoms with Crippen LogP contribution in [0.3, 0.4) is 0 Å². The number of aryl methyl sites for hydroxylation is 2. The van der Waals surface area contributed by atoms with E-state index in [9.17, 15) is 9.59 Å². The lowest BCUT2D eigenvalue weighted by atomic mass is 10.2. The topological polar surface area (TPSA) is 117 Å². The van der Waals surface area contributed by atoms with Gasteiger partial charge in [0.2, 0.25) is 0 Å². The quantitative estimate of drug-likeness (QED) is 0.789. The van der Waals surface area contributed by atoms with Crippen LogP contribution in [0, 0.1) is 13.8 Å². The van der Waals surface area contributed by atoms with Gasteiger partial charge in [0.05, 0.1) is 23.1 Å². The highest BCUT2D eigenvalue weighted by Crippen LogP contribution is 2.12. The summed E-state index contributed by atoms with van der Waals surface area (Å²) in [6.45, 7) is 3.81.